The highest BCUT2D eigenvalue weighted by atomic mass is 35.5. The van der Waals surface area contributed by atoms with Crippen LogP contribution >= 0.6 is 11.6 Å². The molecule has 20 heavy (non-hydrogen) atoms. The fourth-order valence-electron chi connectivity index (χ4n) is 2.08. The summed E-state index contributed by atoms with van der Waals surface area (Å²) >= 11 is 5.63. The summed E-state index contributed by atoms with van der Waals surface area (Å²) in [5.74, 6) is -0.879. The van der Waals surface area contributed by atoms with Crippen LogP contribution in [0.4, 0.5) is 4.39 Å². The van der Waals surface area contributed by atoms with Crippen LogP contribution in [0.3, 0.4) is 0 Å². The molecule has 1 heterocycles. The summed E-state index contributed by atoms with van der Waals surface area (Å²) in [6.07, 6.45) is 1.63. The molecular formula is C16H9ClFNO. The molecule has 0 saturated heterocycles. The van der Waals surface area contributed by atoms with E-state index in [1.807, 2.05) is 12.1 Å². The van der Waals surface area contributed by atoms with E-state index in [9.17, 15) is 9.18 Å². The zero-order valence-electron chi connectivity index (χ0n) is 10.3. The van der Waals surface area contributed by atoms with E-state index in [2.05, 4.69) is 4.98 Å². The monoisotopic (exact) mass is 285 g/mol. The Labute approximate surface area is 119 Å². The van der Waals surface area contributed by atoms with Gasteiger partial charge in [0.25, 0.3) is 0 Å². The second-order valence-corrected chi connectivity index (χ2v) is 4.75. The predicted molar refractivity (Wildman–Crippen MR) is 76.6 cm³/mol. The Balaban J connectivity index is 2.15. The van der Waals surface area contributed by atoms with E-state index in [1.165, 1.54) is 12.1 Å². The molecule has 0 aliphatic carbocycles. The molecule has 98 valence electrons. The fourth-order valence-corrected chi connectivity index (χ4v) is 2.20. The van der Waals surface area contributed by atoms with Crippen molar-refractivity contribution in [3.8, 4) is 0 Å². The number of rotatable bonds is 2. The Kier molecular flexibility index (Phi) is 3.20. The third kappa shape index (κ3) is 2.17. The number of halogens is 2. The van der Waals surface area contributed by atoms with Gasteiger partial charge in [0.05, 0.1) is 10.5 Å². The maximum atomic E-state index is 13.5. The van der Waals surface area contributed by atoms with Crippen LogP contribution in [0.25, 0.3) is 10.9 Å². The molecule has 3 rings (SSSR count). The van der Waals surface area contributed by atoms with Gasteiger partial charge in [0.1, 0.15) is 5.82 Å². The van der Waals surface area contributed by atoms with Gasteiger partial charge in [-0.15, -0.1) is 0 Å². The topological polar surface area (TPSA) is 30.0 Å². The zero-order chi connectivity index (χ0) is 14.1. The first-order chi connectivity index (χ1) is 9.66. The summed E-state index contributed by atoms with van der Waals surface area (Å²) in [5.41, 5.74) is 1.31. The maximum Gasteiger partial charge on any atom is 0.195 e. The highest BCUT2D eigenvalue weighted by Crippen LogP contribution is 2.22. The molecular weight excluding hydrogens is 277 g/mol. The average Bonchev–Trinajstić information content (AvgIpc) is 2.49. The number of carbonyl (C=O) groups is 1. The Hall–Kier alpha value is -2.26. The smallest absolute Gasteiger partial charge is 0.195 e. The number of para-hydroxylation sites is 1. The number of nitrogens with zero attached hydrogens (tertiary/aromatic N) is 1. The number of aromatic nitrogens is 1. The molecule has 0 aliphatic rings. The van der Waals surface area contributed by atoms with Crippen LogP contribution < -0.4 is 0 Å². The van der Waals surface area contributed by atoms with Gasteiger partial charge in [-0.3, -0.25) is 9.78 Å². The van der Waals surface area contributed by atoms with Crippen molar-refractivity contribution >= 4 is 28.3 Å². The Morgan fingerprint density at radius 2 is 1.90 bits per heavy atom. The van der Waals surface area contributed by atoms with Gasteiger partial charge < -0.3 is 0 Å². The highest BCUT2D eigenvalue weighted by Gasteiger charge is 2.14. The molecule has 1 aromatic heterocycles. The van der Waals surface area contributed by atoms with E-state index in [4.69, 9.17) is 11.6 Å². The van der Waals surface area contributed by atoms with Crippen molar-refractivity contribution in [1.82, 2.24) is 4.98 Å². The van der Waals surface area contributed by atoms with E-state index >= 15 is 0 Å². The van der Waals surface area contributed by atoms with Gasteiger partial charge in [-0.2, -0.15) is 0 Å². The molecule has 0 radical (unpaired) electrons. The molecule has 0 saturated carbocycles. The Morgan fingerprint density at radius 3 is 2.70 bits per heavy atom. The number of benzene rings is 2. The summed E-state index contributed by atoms with van der Waals surface area (Å²) in [6, 6.07) is 13.1. The average molecular weight is 286 g/mol. The molecule has 0 unspecified atom stereocenters. The SMILES string of the molecule is O=C(c1ccc(Cl)c(F)c1)c1cccc2cccnc12. The number of hydrogen-bond donors (Lipinski definition) is 0. The maximum absolute atomic E-state index is 13.5. The number of fused-ring (bicyclic) bond motifs is 1. The van der Waals surface area contributed by atoms with Crippen LogP contribution in [0.5, 0.6) is 0 Å². The molecule has 0 bridgehead atoms. The van der Waals surface area contributed by atoms with Crippen molar-refractivity contribution in [2.45, 2.75) is 0 Å². The van der Waals surface area contributed by atoms with Crippen molar-refractivity contribution in [2.75, 3.05) is 0 Å². The summed E-state index contributed by atoms with van der Waals surface area (Å²) in [4.78, 5) is 16.7. The molecule has 2 aromatic carbocycles. The third-order valence-electron chi connectivity index (χ3n) is 3.06. The molecule has 0 amide bonds. The lowest BCUT2D eigenvalue weighted by atomic mass is 10.0. The van der Waals surface area contributed by atoms with Crippen LogP contribution in [0.1, 0.15) is 15.9 Å². The number of hydrogen-bond acceptors (Lipinski definition) is 2. The standard InChI is InChI=1S/C16H9ClFNO/c17-13-7-6-11(9-14(13)18)16(20)12-5-1-3-10-4-2-8-19-15(10)12/h1-9H. The van der Waals surface area contributed by atoms with Crippen molar-refractivity contribution in [3.63, 3.8) is 0 Å². The molecule has 0 atom stereocenters. The lowest BCUT2D eigenvalue weighted by molar-refractivity contribution is 0.103. The Bertz CT molecular complexity index is 811. The van der Waals surface area contributed by atoms with Crippen molar-refractivity contribution in [3.05, 3.63) is 76.7 Å². The van der Waals surface area contributed by atoms with Crippen molar-refractivity contribution < 1.29 is 9.18 Å². The first-order valence-electron chi connectivity index (χ1n) is 6.00. The van der Waals surface area contributed by atoms with E-state index in [0.717, 1.165) is 11.5 Å². The molecule has 0 spiro atoms. The molecule has 0 aliphatic heterocycles. The number of pyridine rings is 1. The van der Waals surface area contributed by atoms with Crippen molar-refractivity contribution in [2.24, 2.45) is 0 Å². The van der Waals surface area contributed by atoms with Crippen LogP contribution in [0, 0.1) is 5.82 Å². The third-order valence-corrected chi connectivity index (χ3v) is 3.37. The lowest BCUT2D eigenvalue weighted by Crippen LogP contribution is -2.03. The second kappa shape index (κ2) is 5.02. The van der Waals surface area contributed by atoms with Gasteiger partial charge in [-0.25, -0.2) is 4.39 Å². The van der Waals surface area contributed by atoms with E-state index in [0.29, 0.717) is 11.1 Å². The highest BCUT2D eigenvalue weighted by molar-refractivity contribution is 6.31. The first kappa shape index (κ1) is 12.8. The first-order valence-corrected chi connectivity index (χ1v) is 6.38. The van der Waals surface area contributed by atoms with Crippen molar-refractivity contribution in [1.29, 1.82) is 0 Å². The van der Waals surface area contributed by atoms with Crippen LogP contribution in [-0.2, 0) is 0 Å². The van der Waals surface area contributed by atoms with E-state index in [-0.39, 0.29) is 16.4 Å². The summed E-state index contributed by atoms with van der Waals surface area (Å²) in [6.45, 7) is 0. The van der Waals surface area contributed by atoms with Gasteiger partial charge in [0, 0.05) is 22.7 Å². The largest absolute Gasteiger partial charge is 0.289 e. The van der Waals surface area contributed by atoms with Gasteiger partial charge in [0.2, 0.25) is 0 Å². The minimum absolute atomic E-state index is 0.00223. The molecule has 2 nitrogen and oxygen atoms in total. The predicted octanol–water partition coefficient (Wildman–Crippen LogP) is 4.26. The molecule has 0 N–H and O–H groups in total. The summed E-state index contributed by atoms with van der Waals surface area (Å²) in [7, 11) is 0. The normalized spacial score (nSPS) is 10.7. The summed E-state index contributed by atoms with van der Waals surface area (Å²) < 4.78 is 13.5. The van der Waals surface area contributed by atoms with Gasteiger partial charge in [-0.05, 0) is 30.3 Å². The van der Waals surface area contributed by atoms with Gasteiger partial charge in [-0.1, -0.05) is 29.8 Å². The number of ketones is 1. The summed E-state index contributed by atoms with van der Waals surface area (Å²) in [5, 5.41) is 0.866. The quantitative estimate of drug-likeness (QED) is 0.659. The zero-order valence-corrected chi connectivity index (χ0v) is 11.1. The van der Waals surface area contributed by atoms with E-state index in [1.54, 1.807) is 24.4 Å². The minimum atomic E-state index is -0.606. The van der Waals surface area contributed by atoms with E-state index < -0.39 is 5.82 Å². The van der Waals surface area contributed by atoms with Gasteiger partial charge in [0.15, 0.2) is 5.78 Å². The lowest BCUT2D eigenvalue weighted by Gasteiger charge is -2.05. The van der Waals surface area contributed by atoms with Gasteiger partial charge >= 0.3 is 0 Å². The van der Waals surface area contributed by atoms with Crippen LogP contribution in [0.2, 0.25) is 5.02 Å². The molecule has 4 heteroatoms. The van der Waals surface area contributed by atoms with Crippen LogP contribution in [-0.4, -0.2) is 10.8 Å². The second-order valence-electron chi connectivity index (χ2n) is 4.34. The van der Waals surface area contributed by atoms with Crippen LogP contribution in [0.15, 0.2) is 54.7 Å². The Morgan fingerprint density at radius 1 is 1.10 bits per heavy atom. The fraction of sp³-hybridized carbons (Fsp3) is 0. The molecule has 3 aromatic rings. The molecule has 0 fully saturated rings. The number of carbonyl (C=O) groups excluding carboxylic acids is 1. The minimum Gasteiger partial charge on any atom is -0.289 e.